The molecule has 1 aromatic rings. The molecule has 0 radical (unpaired) electrons. The van der Waals surface area contributed by atoms with Gasteiger partial charge in [0.25, 0.3) is 5.91 Å². The Labute approximate surface area is 141 Å². The number of benzene rings is 1. The highest BCUT2D eigenvalue weighted by Gasteiger charge is 2.28. The van der Waals surface area contributed by atoms with Crippen LogP contribution in [0.2, 0.25) is 5.02 Å². The van der Waals surface area contributed by atoms with E-state index in [-0.39, 0.29) is 29.9 Å². The first-order valence-electron chi connectivity index (χ1n) is 7.83. The number of halogens is 1. The molecule has 6 heteroatoms. The highest BCUT2D eigenvalue weighted by molar-refractivity contribution is 6.31. The smallest absolute Gasteiger partial charge is 0.342 e. The van der Waals surface area contributed by atoms with Gasteiger partial charge < -0.3 is 15.2 Å². The molecule has 1 fully saturated rings. The van der Waals surface area contributed by atoms with E-state index in [4.69, 9.17) is 16.3 Å². The molecule has 1 saturated carbocycles. The summed E-state index contributed by atoms with van der Waals surface area (Å²) in [5, 5.41) is 12.9. The summed E-state index contributed by atoms with van der Waals surface area (Å²) in [7, 11) is 0. The molecular weight excluding hydrogens is 318 g/mol. The summed E-state index contributed by atoms with van der Waals surface area (Å²) in [5.74, 6) is -0.356. The van der Waals surface area contributed by atoms with E-state index in [1.165, 1.54) is 24.6 Å². The van der Waals surface area contributed by atoms with Crippen LogP contribution in [0.15, 0.2) is 18.2 Å². The van der Waals surface area contributed by atoms with Crippen LogP contribution < -0.4 is 5.32 Å². The number of hydrogen-bond donors (Lipinski definition) is 2. The number of phenols is 1. The number of hydrogen-bond acceptors (Lipinski definition) is 4. The summed E-state index contributed by atoms with van der Waals surface area (Å²) in [6.07, 6.45) is 3.21. The zero-order chi connectivity index (χ0) is 17.0. The van der Waals surface area contributed by atoms with Crippen molar-refractivity contribution in [2.75, 3.05) is 6.61 Å². The summed E-state index contributed by atoms with van der Waals surface area (Å²) >= 11 is 5.78. The van der Waals surface area contributed by atoms with Crippen molar-refractivity contribution in [1.29, 1.82) is 0 Å². The lowest BCUT2D eigenvalue weighted by Gasteiger charge is -2.34. The van der Waals surface area contributed by atoms with Crippen LogP contribution in [0.3, 0.4) is 0 Å². The predicted octanol–water partition coefficient (Wildman–Crippen LogP) is 3.14. The van der Waals surface area contributed by atoms with Crippen molar-refractivity contribution in [2.24, 2.45) is 11.8 Å². The largest absolute Gasteiger partial charge is 0.507 e. The molecule has 3 atom stereocenters. The van der Waals surface area contributed by atoms with Gasteiger partial charge in [-0.1, -0.05) is 38.3 Å². The summed E-state index contributed by atoms with van der Waals surface area (Å²) in [4.78, 5) is 23.9. The number of amides is 1. The van der Waals surface area contributed by atoms with Gasteiger partial charge in [0, 0.05) is 11.1 Å². The molecule has 0 heterocycles. The van der Waals surface area contributed by atoms with E-state index in [0.29, 0.717) is 16.9 Å². The first-order valence-corrected chi connectivity index (χ1v) is 8.21. The summed E-state index contributed by atoms with van der Waals surface area (Å²) < 4.78 is 4.96. The third-order valence-corrected chi connectivity index (χ3v) is 4.80. The summed E-state index contributed by atoms with van der Waals surface area (Å²) in [6, 6.07) is 4.20. The Morgan fingerprint density at radius 3 is 2.83 bits per heavy atom. The van der Waals surface area contributed by atoms with Crippen molar-refractivity contribution in [3.63, 3.8) is 0 Å². The quantitative estimate of drug-likeness (QED) is 0.826. The Balaban J connectivity index is 1.86. The zero-order valence-corrected chi connectivity index (χ0v) is 14.1. The fourth-order valence-electron chi connectivity index (χ4n) is 2.91. The fourth-order valence-corrected chi connectivity index (χ4v) is 3.09. The van der Waals surface area contributed by atoms with Crippen LogP contribution in [-0.4, -0.2) is 29.6 Å². The van der Waals surface area contributed by atoms with E-state index in [1.807, 2.05) is 0 Å². The molecule has 1 amide bonds. The maximum atomic E-state index is 12.0. The van der Waals surface area contributed by atoms with Gasteiger partial charge in [-0.25, -0.2) is 4.79 Å². The molecule has 1 aliphatic carbocycles. The molecule has 126 valence electrons. The van der Waals surface area contributed by atoms with E-state index in [1.54, 1.807) is 0 Å². The zero-order valence-electron chi connectivity index (χ0n) is 13.3. The van der Waals surface area contributed by atoms with E-state index in [0.717, 1.165) is 12.8 Å². The Morgan fingerprint density at radius 2 is 2.09 bits per heavy atom. The molecule has 3 unspecified atom stereocenters. The molecule has 0 aliphatic heterocycles. The van der Waals surface area contributed by atoms with Gasteiger partial charge in [-0.2, -0.15) is 0 Å². The second-order valence-corrected chi connectivity index (χ2v) is 6.62. The van der Waals surface area contributed by atoms with Crippen LogP contribution in [0.1, 0.15) is 43.5 Å². The standard InChI is InChI=1S/C17H22ClNO4/c1-10-4-3-5-14(11(10)2)19-16(21)9-23-17(22)13-8-12(18)6-7-15(13)20/h6-8,10-11,14,20H,3-5,9H2,1-2H3,(H,19,21). The average molecular weight is 340 g/mol. The van der Waals surface area contributed by atoms with Crippen LogP contribution >= 0.6 is 11.6 Å². The number of rotatable bonds is 4. The SMILES string of the molecule is CC1CCCC(NC(=O)COC(=O)c2cc(Cl)ccc2O)C1C. The van der Waals surface area contributed by atoms with Crippen LogP contribution in [0.4, 0.5) is 0 Å². The van der Waals surface area contributed by atoms with Crippen LogP contribution in [0.5, 0.6) is 5.75 Å². The van der Waals surface area contributed by atoms with Gasteiger partial charge >= 0.3 is 5.97 Å². The number of nitrogens with one attached hydrogen (secondary N) is 1. The Bertz CT molecular complexity index is 590. The van der Waals surface area contributed by atoms with Gasteiger partial charge in [-0.3, -0.25) is 4.79 Å². The Morgan fingerprint density at radius 1 is 1.35 bits per heavy atom. The number of esters is 1. The molecule has 0 bridgehead atoms. The van der Waals surface area contributed by atoms with Gasteiger partial charge in [0.2, 0.25) is 0 Å². The molecular formula is C17H22ClNO4. The minimum absolute atomic E-state index is 0.0510. The van der Waals surface area contributed by atoms with E-state index in [2.05, 4.69) is 19.2 Å². The van der Waals surface area contributed by atoms with Crippen molar-refractivity contribution in [1.82, 2.24) is 5.32 Å². The maximum Gasteiger partial charge on any atom is 0.342 e. The van der Waals surface area contributed by atoms with Crippen LogP contribution in [0.25, 0.3) is 0 Å². The monoisotopic (exact) mass is 339 g/mol. The van der Waals surface area contributed by atoms with Crippen LogP contribution in [0, 0.1) is 11.8 Å². The fraction of sp³-hybridized carbons (Fsp3) is 0.529. The maximum absolute atomic E-state index is 12.0. The number of ether oxygens (including phenoxy) is 1. The summed E-state index contributed by atoms with van der Waals surface area (Å²) in [6.45, 7) is 3.94. The third-order valence-electron chi connectivity index (χ3n) is 4.57. The van der Waals surface area contributed by atoms with E-state index in [9.17, 15) is 14.7 Å². The second kappa shape index (κ2) is 7.68. The third kappa shape index (κ3) is 4.61. The number of aromatic hydroxyl groups is 1. The van der Waals surface area contributed by atoms with Gasteiger partial charge in [-0.15, -0.1) is 0 Å². The van der Waals surface area contributed by atoms with Crippen molar-refractivity contribution in [3.05, 3.63) is 28.8 Å². The van der Waals surface area contributed by atoms with Gasteiger partial charge in [0.15, 0.2) is 6.61 Å². The van der Waals surface area contributed by atoms with Crippen molar-refractivity contribution in [3.8, 4) is 5.75 Å². The van der Waals surface area contributed by atoms with Gasteiger partial charge in [-0.05, 0) is 36.5 Å². The highest BCUT2D eigenvalue weighted by Crippen LogP contribution is 2.29. The topological polar surface area (TPSA) is 75.6 Å². The molecule has 0 saturated heterocycles. The first-order chi connectivity index (χ1) is 10.9. The molecule has 0 spiro atoms. The lowest BCUT2D eigenvalue weighted by molar-refractivity contribution is -0.125. The highest BCUT2D eigenvalue weighted by atomic mass is 35.5. The second-order valence-electron chi connectivity index (χ2n) is 6.18. The van der Waals surface area contributed by atoms with Crippen molar-refractivity contribution >= 4 is 23.5 Å². The normalized spacial score (nSPS) is 24.0. The van der Waals surface area contributed by atoms with Gasteiger partial charge in [0.05, 0.1) is 0 Å². The Kier molecular flexibility index (Phi) is 5.88. The predicted molar refractivity (Wildman–Crippen MR) is 87.5 cm³/mol. The minimum atomic E-state index is -0.773. The van der Waals surface area contributed by atoms with Gasteiger partial charge in [0.1, 0.15) is 11.3 Å². The number of phenolic OH excluding ortho intramolecular Hbond substituents is 1. The molecule has 1 aliphatic rings. The molecule has 1 aromatic carbocycles. The first kappa shape index (κ1) is 17.6. The lowest BCUT2D eigenvalue weighted by atomic mass is 9.78. The van der Waals surface area contributed by atoms with E-state index >= 15 is 0 Å². The average Bonchev–Trinajstić information content (AvgIpc) is 2.52. The molecule has 23 heavy (non-hydrogen) atoms. The van der Waals surface area contributed by atoms with E-state index < -0.39 is 5.97 Å². The molecule has 0 aromatic heterocycles. The number of carbonyl (C=O) groups is 2. The lowest BCUT2D eigenvalue weighted by Crippen LogP contribution is -2.45. The van der Waals surface area contributed by atoms with Crippen molar-refractivity contribution < 1.29 is 19.4 Å². The van der Waals surface area contributed by atoms with Crippen LogP contribution in [-0.2, 0) is 9.53 Å². The molecule has 2 rings (SSSR count). The minimum Gasteiger partial charge on any atom is -0.507 e. The summed E-state index contributed by atoms with van der Waals surface area (Å²) in [5.41, 5.74) is -0.0510. The number of carbonyl (C=O) groups excluding carboxylic acids is 2. The Hall–Kier alpha value is -1.75. The molecule has 5 nitrogen and oxygen atoms in total. The molecule has 2 N–H and O–H groups in total. The van der Waals surface area contributed by atoms with Crippen molar-refractivity contribution in [2.45, 2.75) is 39.2 Å².